The summed E-state index contributed by atoms with van der Waals surface area (Å²) in [4.78, 5) is 13.4. The van der Waals surface area contributed by atoms with Gasteiger partial charge < -0.3 is 15.4 Å². The lowest BCUT2D eigenvalue weighted by atomic mass is 10.1. The van der Waals surface area contributed by atoms with Crippen molar-refractivity contribution in [3.8, 4) is 0 Å². The minimum absolute atomic E-state index is 0.391. The lowest BCUT2D eigenvalue weighted by Crippen LogP contribution is -2.18. The Labute approximate surface area is 117 Å². The molecular weight excluding hydrogens is 256 g/mol. The Morgan fingerprint density at radius 1 is 1.50 bits per heavy atom. The summed E-state index contributed by atoms with van der Waals surface area (Å²) in [5.74, 6) is -0.391. The summed E-state index contributed by atoms with van der Waals surface area (Å²) in [6.07, 6.45) is 3.77. The van der Waals surface area contributed by atoms with Crippen molar-refractivity contribution in [1.82, 2.24) is 9.78 Å². The molecule has 106 valence electrons. The highest BCUT2D eigenvalue weighted by atomic mass is 16.5. The van der Waals surface area contributed by atoms with Gasteiger partial charge in [-0.3, -0.25) is 4.68 Å². The molecule has 1 heterocycles. The van der Waals surface area contributed by atoms with Gasteiger partial charge in [-0.25, -0.2) is 4.79 Å². The van der Waals surface area contributed by atoms with Crippen LogP contribution in [0.5, 0.6) is 0 Å². The Morgan fingerprint density at radius 2 is 2.25 bits per heavy atom. The monoisotopic (exact) mass is 274 g/mol. The molecule has 0 spiro atoms. The molecule has 0 radical (unpaired) electrons. The number of carbonyl (C=O) groups is 1. The second-order valence-corrected chi connectivity index (χ2v) is 4.64. The van der Waals surface area contributed by atoms with E-state index in [1.165, 1.54) is 7.11 Å². The van der Waals surface area contributed by atoms with E-state index in [2.05, 4.69) is 9.84 Å². The van der Waals surface area contributed by atoms with Crippen molar-refractivity contribution in [3.63, 3.8) is 0 Å². The molecule has 0 aliphatic carbocycles. The highest BCUT2D eigenvalue weighted by molar-refractivity contribution is 5.91. The van der Waals surface area contributed by atoms with E-state index >= 15 is 0 Å². The number of methoxy groups -OCH3 is 1. The van der Waals surface area contributed by atoms with E-state index in [-0.39, 0.29) is 0 Å². The molecule has 0 bridgehead atoms. The first-order chi connectivity index (χ1) is 9.51. The quantitative estimate of drug-likeness (QED) is 0.674. The molecule has 20 heavy (non-hydrogen) atoms. The van der Waals surface area contributed by atoms with Crippen LogP contribution >= 0.6 is 0 Å². The fourth-order valence-corrected chi connectivity index (χ4v) is 2.06. The zero-order chi connectivity index (χ0) is 14.7. The summed E-state index contributed by atoms with van der Waals surface area (Å²) in [6, 6.07) is 5.15. The third-order valence-corrected chi connectivity index (χ3v) is 3.04. The molecule has 0 aliphatic rings. The molecule has 0 atom stereocenters. The Hall–Kier alpha value is -2.50. The molecule has 1 aromatic carbocycles. The third kappa shape index (κ3) is 2.90. The van der Waals surface area contributed by atoms with E-state index in [1.54, 1.807) is 16.8 Å². The van der Waals surface area contributed by atoms with E-state index in [9.17, 15) is 4.79 Å². The van der Waals surface area contributed by atoms with Crippen molar-refractivity contribution in [3.05, 3.63) is 41.7 Å². The predicted molar refractivity (Wildman–Crippen MR) is 77.5 cm³/mol. The fourth-order valence-electron chi connectivity index (χ4n) is 2.06. The van der Waals surface area contributed by atoms with Crippen molar-refractivity contribution < 1.29 is 9.53 Å². The van der Waals surface area contributed by atoms with E-state index in [4.69, 9.17) is 5.73 Å². The maximum atomic E-state index is 11.4. The van der Waals surface area contributed by atoms with Crippen LogP contribution in [0.2, 0.25) is 0 Å². The molecule has 0 fully saturated rings. The molecule has 0 unspecified atom stereocenters. The summed E-state index contributed by atoms with van der Waals surface area (Å²) < 4.78 is 6.43. The normalized spacial score (nSPS) is 10.3. The highest BCUT2D eigenvalue weighted by Gasteiger charge is 2.11. The topological polar surface area (TPSA) is 73.4 Å². The molecule has 2 N–H and O–H groups in total. The number of carbonyl (C=O) groups excluding carboxylic acids is 1. The number of ether oxygens (including phenoxy) is 1. The minimum Gasteiger partial charge on any atom is -0.465 e. The number of aromatic nitrogens is 2. The minimum atomic E-state index is -0.391. The van der Waals surface area contributed by atoms with Crippen molar-refractivity contribution in [2.45, 2.75) is 6.54 Å². The lowest BCUT2D eigenvalue weighted by Gasteiger charge is -2.20. The molecule has 2 rings (SSSR count). The number of benzene rings is 1. The van der Waals surface area contributed by atoms with Gasteiger partial charge in [0.15, 0.2) is 0 Å². The van der Waals surface area contributed by atoms with Crippen molar-refractivity contribution in [2.24, 2.45) is 7.05 Å². The molecule has 0 amide bonds. The first kappa shape index (κ1) is 13.9. The molecule has 1 aromatic heterocycles. The largest absolute Gasteiger partial charge is 0.465 e. The number of nitrogens with two attached hydrogens (primary N) is 1. The van der Waals surface area contributed by atoms with E-state index in [0.717, 1.165) is 11.3 Å². The summed E-state index contributed by atoms with van der Waals surface area (Å²) >= 11 is 0. The molecular formula is C14H18N4O2. The summed E-state index contributed by atoms with van der Waals surface area (Å²) in [7, 11) is 5.17. The number of rotatable bonds is 4. The van der Waals surface area contributed by atoms with Crippen LogP contribution in [0.3, 0.4) is 0 Å². The van der Waals surface area contributed by atoms with E-state index < -0.39 is 5.97 Å². The average Bonchev–Trinajstić information content (AvgIpc) is 2.82. The standard InChI is InChI=1S/C14H18N4O2/c1-17(8-10-7-16-18(2)9-10)13-5-4-11(6-12(13)15)14(19)20-3/h4-7,9H,8,15H2,1-3H3. The van der Waals surface area contributed by atoms with Crippen LogP contribution in [0.25, 0.3) is 0 Å². The van der Waals surface area contributed by atoms with Gasteiger partial charge in [-0.1, -0.05) is 0 Å². The van der Waals surface area contributed by atoms with Gasteiger partial charge >= 0.3 is 5.97 Å². The summed E-state index contributed by atoms with van der Waals surface area (Å²) in [6.45, 7) is 0.690. The first-order valence-electron chi connectivity index (χ1n) is 6.17. The zero-order valence-corrected chi connectivity index (χ0v) is 11.8. The predicted octanol–water partition coefficient (Wildman–Crippen LogP) is 1.43. The first-order valence-corrected chi connectivity index (χ1v) is 6.17. The fraction of sp³-hybridized carbons (Fsp3) is 0.286. The molecule has 0 aliphatic heterocycles. The number of nitrogens with zero attached hydrogens (tertiary/aromatic N) is 3. The van der Waals surface area contributed by atoms with Crippen LogP contribution in [-0.4, -0.2) is 29.9 Å². The molecule has 0 saturated heterocycles. The van der Waals surface area contributed by atoms with Gasteiger partial charge in [0.25, 0.3) is 0 Å². The van der Waals surface area contributed by atoms with Crippen molar-refractivity contribution in [2.75, 3.05) is 24.8 Å². The Kier molecular flexibility index (Phi) is 3.93. The van der Waals surface area contributed by atoms with Crippen LogP contribution in [-0.2, 0) is 18.3 Å². The van der Waals surface area contributed by atoms with E-state index in [0.29, 0.717) is 17.8 Å². The van der Waals surface area contributed by atoms with Gasteiger partial charge in [0.05, 0.1) is 30.2 Å². The molecule has 6 heteroatoms. The van der Waals surface area contributed by atoms with E-state index in [1.807, 2.05) is 37.5 Å². The van der Waals surface area contributed by atoms with Crippen LogP contribution in [0.1, 0.15) is 15.9 Å². The second kappa shape index (κ2) is 5.64. The Balaban J connectivity index is 2.17. The lowest BCUT2D eigenvalue weighted by molar-refractivity contribution is 0.0601. The van der Waals surface area contributed by atoms with Crippen LogP contribution < -0.4 is 10.6 Å². The number of hydrogen-bond donors (Lipinski definition) is 1. The number of nitrogen functional groups attached to an aromatic ring is 1. The SMILES string of the molecule is COC(=O)c1ccc(N(C)Cc2cnn(C)c2)c(N)c1. The molecule has 6 nitrogen and oxygen atoms in total. The summed E-state index contributed by atoms with van der Waals surface area (Å²) in [5, 5.41) is 4.13. The van der Waals surface area contributed by atoms with Gasteiger partial charge in [0, 0.05) is 32.4 Å². The second-order valence-electron chi connectivity index (χ2n) is 4.64. The zero-order valence-electron chi connectivity index (χ0n) is 11.8. The van der Waals surface area contributed by atoms with Gasteiger partial charge in [-0.15, -0.1) is 0 Å². The maximum absolute atomic E-state index is 11.4. The smallest absolute Gasteiger partial charge is 0.337 e. The Morgan fingerprint density at radius 3 is 2.80 bits per heavy atom. The van der Waals surface area contributed by atoms with Gasteiger partial charge in [0.2, 0.25) is 0 Å². The number of hydrogen-bond acceptors (Lipinski definition) is 5. The van der Waals surface area contributed by atoms with Gasteiger partial charge in [-0.2, -0.15) is 5.10 Å². The van der Waals surface area contributed by atoms with Gasteiger partial charge in [-0.05, 0) is 18.2 Å². The number of aryl methyl sites for hydroxylation is 1. The highest BCUT2D eigenvalue weighted by Crippen LogP contribution is 2.25. The maximum Gasteiger partial charge on any atom is 0.337 e. The molecule has 2 aromatic rings. The summed E-state index contributed by atoms with van der Waals surface area (Å²) in [5.41, 5.74) is 8.94. The number of anilines is 2. The Bertz CT molecular complexity index is 621. The van der Waals surface area contributed by atoms with Crippen molar-refractivity contribution >= 4 is 17.3 Å². The number of esters is 1. The van der Waals surface area contributed by atoms with Crippen LogP contribution in [0.4, 0.5) is 11.4 Å². The van der Waals surface area contributed by atoms with Crippen LogP contribution in [0, 0.1) is 0 Å². The van der Waals surface area contributed by atoms with Crippen LogP contribution in [0.15, 0.2) is 30.6 Å². The van der Waals surface area contributed by atoms with Gasteiger partial charge in [0.1, 0.15) is 0 Å². The average molecular weight is 274 g/mol. The van der Waals surface area contributed by atoms with Crippen molar-refractivity contribution in [1.29, 1.82) is 0 Å². The molecule has 0 saturated carbocycles. The third-order valence-electron chi connectivity index (χ3n) is 3.04.